The Balaban J connectivity index is 1.80. The summed E-state index contributed by atoms with van der Waals surface area (Å²) in [4.78, 5) is 12.2. The molecule has 1 aliphatic rings. The van der Waals surface area contributed by atoms with Crippen LogP contribution in [0.15, 0.2) is 24.3 Å². The van der Waals surface area contributed by atoms with Gasteiger partial charge in [0.25, 0.3) is 5.91 Å². The van der Waals surface area contributed by atoms with E-state index >= 15 is 0 Å². The maximum Gasteiger partial charge on any atom is 0.250 e. The van der Waals surface area contributed by atoms with Crippen molar-refractivity contribution in [3.63, 3.8) is 0 Å². The standard InChI is InChI=1S/C19H29FN2O2/c1-13(11-15-9-5-6-10-16(15)20)22-19(24)18(23)17(21)12-14-7-3-2-4-8-14/h5-6,9-10,13-14,17-18,23H,2-4,7-8,11-12,21H2,1H3,(H,22,24)/t13?,17-,18?/m1/s1. The van der Waals surface area contributed by atoms with Crippen LogP contribution >= 0.6 is 0 Å². The number of nitrogens with two attached hydrogens (primary N) is 1. The van der Waals surface area contributed by atoms with Crippen LogP contribution in [-0.2, 0) is 11.2 Å². The van der Waals surface area contributed by atoms with Crippen LogP contribution in [0.3, 0.4) is 0 Å². The van der Waals surface area contributed by atoms with Gasteiger partial charge in [-0.05, 0) is 37.3 Å². The van der Waals surface area contributed by atoms with Gasteiger partial charge in [0.05, 0.1) is 0 Å². The molecular formula is C19H29FN2O2. The minimum Gasteiger partial charge on any atom is -0.382 e. The smallest absolute Gasteiger partial charge is 0.250 e. The lowest BCUT2D eigenvalue weighted by Gasteiger charge is -2.27. The van der Waals surface area contributed by atoms with Crippen LogP contribution < -0.4 is 11.1 Å². The van der Waals surface area contributed by atoms with Gasteiger partial charge >= 0.3 is 0 Å². The van der Waals surface area contributed by atoms with E-state index in [0.717, 1.165) is 12.8 Å². The van der Waals surface area contributed by atoms with E-state index in [4.69, 9.17) is 5.73 Å². The summed E-state index contributed by atoms with van der Waals surface area (Å²) in [5.74, 6) is -0.248. The maximum absolute atomic E-state index is 13.7. The molecule has 1 aromatic rings. The predicted octanol–water partition coefficient (Wildman–Crippen LogP) is 2.53. The third kappa shape index (κ3) is 5.56. The first kappa shape index (κ1) is 18.9. The third-order valence-corrected chi connectivity index (χ3v) is 4.88. The SMILES string of the molecule is CC(Cc1ccccc1F)NC(=O)C(O)[C@H](N)CC1CCCCC1. The van der Waals surface area contributed by atoms with Crippen LogP contribution in [0, 0.1) is 11.7 Å². The second-order valence-electron chi connectivity index (χ2n) is 7.05. The van der Waals surface area contributed by atoms with Crippen molar-refractivity contribution in [2.45, 2.75) is 70.1 Å². The Kier molecular flexibility index (Phi) is 7.18. The molecule has 4 N–H and O–H groups in total. The fourth-order valence-electron chi connectivity index (χ4n) is 3.50. The summed E-state index contributed by atoms with van der Waals surface area (Å²) in [6.45, 7) is 1.80. The molecule has 1 aromatic carbocycles. The number of carbonyl (C=O) groups is 1. The molecule has 4 nitrogen and oxygen atoms in total. The van der Waals surface area contributed by atoms with Crippen molar-refractivity contribution in [2.24, 2.45) is 11.7 Å². The number of aliphatic hydroxyl groups is 1. The zero-order chi connectivity index (χ0) is 17.5. The lowest BCUT2D eigenvalue weighted by molar-refractivity contribution is -0.131. The molecule has 2 rings (SSSR count). The molecule has 2 unspecified atom stereocenters. The van der Waals surface area contributed by atoms with Gasteiger partial charge in [0.1, 0.15) is 11.9 Å². The first-order valence-corrected chi connectivity index (χ1v) is 8.94. The van der Waals surface area contributed by atoms with Gasteiger partial charge < -0.3 is 16.2 Å². The number of rotatable bonds is 7. The van der Waals surface area contributed by atoms with Gasteiger partial charge in [0.15, 0.2) is 0 Å². The average Bonchev–Trinajstić information content (AvgIpc) is 2.57. The first-order valence-electron chi connectivity index (χ1n) is 8.94. The van der Waals surface area contributed by atoms with Gasteiger partial charge in [-0.2, -0.15) is 0 Å². The van der Waals surface area contributed by atoms with E-state index in [1.807, 2.05) is 0 Å². The van der Waals surface area contributed by atoms with Crippen LogP contribution in [0.25, 0.3) is 0 Å². The molecule has 0 spiro atoms. The summed E-state index contributed by atoms with van der Waals surface area (Å²) in [5, 5.41) is 12.9. The predicted molar refractivity (Wildman–Crippen MR) is 92.9 cm³/mol. The fraction of sp³-hybridized carbons (Fsp3) is 0.632. The van der Waals surface area contributed by atoms with Gasteiger partial charge in [-0.25, -0.2) is 4.39 Å². The molecule has 0 aromatic heterocycles. The van der Waals surface area contributed by atoms with Crippen LogP contribution in [0.2, 0.25) is 0 Å². The number of hydrogen-bond donors (Lipinski definition) is 3. The van der Waals surface area contributed by atoms with Crippen LogP contribution in [0.5, 0.6) is 0 Å². The van der Waals surface area contributed by atoms with E-state index in [9.17, 15) is 14.3 Å². The van der Waals surface area contributed by atoms with Crippen LogP contribution in [0.1, 0.15) is 51.0 Å². The van der Waals surface area contributed by atoms with Crippen molar-refractivity contribution >= 4 is 5.91 Å². The second-order valence-corrected chi connectivity index (χ2v) is 7.05. The molecule has 0 bridgehead atoms. The Labute approximate surface area is 143 Å². The zero-order valence-electron chi connectivity index (χ0n) is 14.4. The highest BCUT2D eigenvalue weighted by molar-refractivity contribution is 5.81. The molecule has 0 radical (unpaired) electrons. The van der Waals surface area contributed by atoms with Crippen molar-refractivity contribution in [1.29, 1.82) is 0 Å². The van der Waals surface area contributed by atoms with E-state index in [2.05, 4.69) is 5.32 Å². The minimum absolute atomic E-state index is 0.272. The Morgan fingerprint density at radius 2 is 2.00 bits per heavy atom. The number of carbonyl (C=O) groups excluding carboxylic acids is 1. The first-order chi connectivity index (χ1) is 11.5. The van der Waals surface area contributed by atoms with Crippen molar-refractivity contribution in [3.05, 3.63) is 35.6 Å². The van der Waals surface area contributed by atoms with E-state index in [-0.39, 0.29) is 11.9 Å². The third-order valence-electron chi connectivity index (χ3n) is 4.88. The number of aliphatic hydroxyl groups excluding tert-OH is 1. The summed E-state index contributed by atoms with van der Waals surface area (Å²) in [6, 6.07) is 5.68. The zero-order valence-corrected chi connectivity index (χ0v) is 14.4. The highest BCUT2D eigenvalue weighted by atomic mass is 19.1. The molecule has 3 atom stereocenters. The van der Waals surface area contributed by atoms with Crippen molar-refractivity contribution in [1.82, 2.24) is 5.32 Å². The van der Waals surface area contributed by atoms with Crippen molar-refractivity contribution < 1.29 is 14.3 Å². The molecule has 0 heterocycles. The molecule has 0 saturated heterocycles. The highest BCUT2D eigenvalue weighted by Gasteiger charge is 2.27. The molecule has 1 fully saturated rings. The molecule has 5 heteroatoms. The van der Waals surface area contributed by atoms with Crippen LogP contribution in [-0.4, -0.2) is 29.2 Å². The summed E-state index contributed by atoms with van der Waals surface area (Å²) in [7, 11) is 0. The van der Waals surface area contributed by atoms with Crippen molar-refractivity contribution in [2.75, 3.05) is 0 Å². The average molecular weight is 336 g/mol. The van der Waals surface area contributed by atoms with E-state index in [1.54, 1.807) is 25.1 Å². The Hall–Kier alpha value is -1.46. The summed E-state index contributed by atoms with van der Waals surface area (Å²) in [6.07, 6.45) is 5.78. The van der Waals surface area contributed by atoms with Crippen LogP contribution in [0.4, 0.5) is 4.39 Å². The Bertz CT molecular complexity index is 532. The quantitative estimate of drug-likeness (QED) is 0.716. The number of nitrogens with one attached hydrogen (secondary N) is 1. The number of benzene rings is 1. The van der Waals surface area contributed by atoms with Gasteiger partial charge in [-0.15, -0.1) is 0 Å². The largest absolute Gasteiger partial charge is 0.382 e. The molecular weight excluding hydrogens is 307 g/mol. The lowest BCUT2D eigenvalue weighted by Crippen LogP contribution is -2.49. The Morgan fingerprint density at radius 3 is 2.67 bits per heavy atom. The fourth-order valence-corrected chi connectivity index (χ4v) is 3.50. The van der Waals surface area contributed by atoms with Gasteiger partial charge in [0, 0.05) is 12.1 Å². The molecule has 134 valence electrons. The molecule has 24 heavy (non-hydrogen) atoms. The van der Waals surface area contributed by atoms with Crippen molar-refractivity contribution in [3.8, 4) is 0 Å². The maximum atomic E-state index is 13.7. The topological polar surface area (TPSA) is 75.3 Å². The summed E-state index contributed by atoms with van der Waals surface area (Å²) < 4.78 is 13.7. The van der Waals surface area contributed by atoms with E-state index < -0.39 is 18.1 Å². The lowest BCUT2D eigenvalue weighted by atomic mass is 9.84. The van der Waals surface area contributed by atoms with E-state index in [0.29, 0.717) is 24.3 Å². The summed E-state index contributed by atoms with van der Waals surface area (Å²) in [5.41, 5.74) is 6.58. The number of hydrogen-bond acceptors (Lipinski definition) is 3. The minimum atomic E-state index is -1.21. The highest BCUT2D eigenvalue weighted by Crippen LogP contribution is 2.27. The molecule has 1 aliphatic carbocycles. The van der Waals surface area contributed by atoms with Gasteiger partial charge in [0.2, 0.25) is 0 Å². The summed E-state index contributed by atoms with van der Waals surface area (Å²) >= 11 is 0. The van der Waals surface area contributed by atoms with Gasteiger partial charge in [-0.1, -0.05) is 50.3 Å². The van der Waals surface area contributed by atoms with Gasteiger partial charge in [-0.3, -0.25) is 4.79 Å². The number of amides is 1. The molecule has 0 aliphatic heterocycles. The Morgan fingerprint density at radius 1 is 1.33 bits per heavy atom. The number of halogens is 1. The van der Waals surface area contributed by atoms with E-state index in [1.165, 1.54) is 25.3 Å². The second kappa shape index (κ2) is 9.14. The monoisotopic (exact) mass is 336 g/mol. The normalized spacial score (nSPS) is 19.5. The molecule has 1 saturated carbocycles. The molecule has 1 amide bonds.